The Hall–Kier alpha value is -2.30. The number of rotatable bonds is 4. The number of amides is 2. The number of H-pyrrole nitrogens is 1. The van der Waals surface area contributed by atoms with Crippen LogP contribution < -0.4 is 5.32 Å². The summed E-state index contributed by atoms with van der Waals surface area (Å²) in [5.74, 6) is -0.207. The van der Waals surface area contributed by atoms with E-state index in [0.29, 0.717) is 5.56 Å². The maximum atomic E-state index is 12.6. The van der Waals surface area contributed by atoms with Crippen LogP contribution in [-0.4, -0.2) is 41.3 Å². The largest absolute Gasteiger partial charge is 0.360 e. The molecule has 128 valence electrons. The fourth-order valence-electron chi connectivity index (χ4n) is 3.44. The van der Waals surface area contributed by atoms with E-state index in [1.165, 1.54) is 30.6 Å². The summed E-state index contributed by atoms with van der Waals surface area (Å²) in [5, 5.41) is 3.97. The van der Waals surface area contributed by atoms with Gasteiger partial charge in [0.25, 0.3) is 5.91 Å². The number of nitrogens with zero attached hydrogens (tertiary/aromatic N) is 1. The fourth-order valence-corrected chi connectivity index (χ4v) is 3.44. The Morgan fingerprint density at radius 3 is 2.62 bits per heavy atom. The van der Waals surface area contributed by atoms with Crippen molar-refractivity contribution in [2.45, 2.75) is 44.6 Å². The predicted molar refractivity (Wildman–Crippen MR) is 94.9 cm³/mol. The van der Waals surface area contributed by atoms with Crippen molar-refractivity contribution in [1.29, 1.82) is 0 Å². The van der Waals surface area contributed by atoms with E-state index in [-0.39, 0.29) is 24.4 Å². The lowest BCUT2D eigenvalue weighted by molar-refractivity contribution is -0.122. The lowest BCUT2D eigenvalue weighted by Gasteiger charge is -2.20. The van der Waals surface area contributed by atoms with Crippen LogP contribution in [0.2, 0.25) is 0 Å². The molecule has 1 saturated carbocycles. The first kappa shape index (κ1) is 16.6. The maximum Gasteiger partial charge on any atom is 0.256 e. The number of carbonyl (C=O) groups excluding carboxylic acids is 2. The number of aromatic amines is 1. The minimum atomic E-state index is -0.136. The molecule has 3 rings (SSSR count). The van der Waals surface area contributed by atoms with Crippen LogP contribution >= 0.6 is 0 Å². The van der Waals surface area contributed by atoms with Gasteiger partial charge in [-0.05, 0) is 18.9 Å². The number of fused-ring (bicyclic) bond motifs is 1. The van der Waals surface area contributed by atoms with Gasteiger partial charge >= 0.3 is 0 Å². The Morgan fingerprint density at radius 1 is 1.17 bits per heavy atom. The van der Waals surface area contributed by atoms with E-state index in [2.05, 4.69) is 10.3 Å². The van der Waals surface area contributed by atoms with Crippen LogP contribution in [0.5, 0.6) is 0 Å². The second-order valence-electron chi connectivity index (χ2n) is 6.67. The molecule has 0 spiro atoms. The molecule has 1 aromatic carbocycles. The Kier molecular flexibility index (Phi) is 5.18. The van der Waals surface area contributed by atoms with Gasteiger partial charge in [-0.25, -0.2) is 0 Å². The SMILES string of the molecule is CN(CC(=O)NC1CCCCCC1)C(=O)c1c[nH]c2ccccc12. The lowest BCUT2D eigenvalue weighted by atomic mass is 10.1. The first-order valence-corrected chi connectivity index (χ1v) is 8.76. The highest BCUT2D eigenvalue weighted by molar-refractivity contribution is 6.07. The van der Waals surface area contributed by atoms with Gasteiger partial charge in [-0.1, -0.05) is 43.9 Å². The van der Waals surface area contributed by atoms with E-state index in [4.69, 9.17) is 0 Å². The molecule has 1 aliphatic carbocycles. The predicted octanol–water partition coefficient (Wildman–Crippen LogP) is 3.08. The maximum absolute atomic E-state index is 12.6. The molecular weight excluding hydrogens is 302 g/mol. The molecule has 0 saturated heterocycles. The molecular formula is C19H25N3O2. The molecule has 0 atom stereocenters. The molecule has 2 amide bonds. The molecule has 1 fully saturated rings. The normalized spacial score (nSPS) is 15.9. The number of carbonyl (C=O) groups is 2. The Morgan fingerprint density at radius 2 is 1.88 bits per heavy atom. The van der Waals surface area contributed by atoms with Crippen LogP contribution in [0.3, 0.4) is 0 Å². The van der Waals surface area contributed by atoms with Gasteiger partial charge < -0.3 is 15.2 Å². The third-order valence-corrected chi connectivity index (χ3v) is 4.77. The minimum absolute atomic E-state index is 0.0717. The number of nitrogens with one attached hydrogen (secondary N) is 2. The molecule has 5 nitrogen and oxygen atoms in total. The molecule has 2 aromatic rings. The first-order chi connectivity index (χ1) is 11.6. The zero-order chi connectivity index (χ0) is 16.9. The van der Waals surface area contributed by atoms with Gasteiger partial charge in [-0.2, -0.15) is 0 Å². The van der Waals surface area contributed by atoms with E-state index < -0.39 is 0 Å². The first-order valence-electron chi connectivity index (χ1n) is 8.76. The number of likely N-dealkylation sites (N-methyl/N-ethyl adjacent to an activating group) is 1. The van der Waals surface area contributed by atoms with Crippen molar-refractivity contribution in [2.75, 3.05) is 13.6 Å². The molecule has 0 unspecified atom stereocenters. The van der Waals surface area contributed by atoms with Crippen molar-refractivity contribution in [1.82, 2.24) is 15.2 Å². The highest BCUT2D eigenvalue weighted by atomic mass is 16.2. The number of hydrogen-bond acceptors (Lipinski definition) is 2. The molecule has 1 aliphatic rings. The lowest BCUT2D eigenvalue weighted by Crippen LogP contribution is -2.42. The molecule has 1 heterocycles. The third kappa shape index (κ3) is 3.78. The highest BCUT2D eigenvalue weighted by Crippen LogP contribution is 2.19. The summed E-state index contributed by atoms with van der Waals surface area (Å²) < 4.78 is 0. The van der Waals surface area contributed by atoms with Gasteiger partial charge in [0.2, 0.25) is 5.91 Å². The Balaban J connectivity index is 1.60. The molecule has 1 aromatic heterocycles. The van der Waals surface area contributed by atoms with Crippen LogP contribution in [0.25, 0.3) is 10.9 Å². The summed E-state index contributed by atoms with van der Waals surface area (Å²) in [4.78, 5) is 29.5. The van der Waals surface area contributed by atoms with Crippen molar-refractivity contribution < 1.29 is 9.59 Å². The quantitative estimate of drug-likeness (QED) is 0.848. The van der Waals surface area contributed by atoms with Crippen molar-refractivity contribution >= 4 is 22.7 Å². The molecule has 0 radical (unpaired) electrons. The molecule has 5 heteroatoms. The molecule has 0 aliphatic heterocycles. The zero-order valence-electron chi connectivity index (χ0n) is 14.2. The van der Waals surface area contributed by atoms with E-state index >= 15 is 0 Å². The van der Waals surface area contributed by atoms with Crippen molar-refractivity contribution in [3.8, 4) is 0 Å². The van der Waals surface area contributed by atoms with Crippen LogP contribution in [0.15, 0.2) is 30.5 Å². The minimum Gasteiger partial charge on any atom is -0.360 e. The van der Waals surface area contributed by atoms with Gasteiger partial charge in [0.15, 0.2) is 0 Å². The van der Waals surface area contributed by atoms with Gasteiger partial charge in [0, 0.05) is 30.2 Å². The van der Waals surface area contributed by atoms with E-state index in [0.717, 1.165) is 23.7 Å². The van der Waals surface area contributed by atoms with Gasteiger partial charge in [0.05, 0.1) is 12.1 Å². The number of hydrogen-bond donors (Lipinski definition) is 2. The standard InChI is InChI=1S/C19H25N3O2/c1-22(13-18(23)21-14-8-4-2-3-5-9-14)19(24)16-12-20-17-11-7-6-10-15(16)17/h6-7,10-12,14,20H,2-5,8-9,13H2,1H3,(H,21,23). The summed E-state index contributed by atoms with van der Waals surface area (Å²) in [6.45, 7) is 0.0921. The van der Waals surface area contributed by atoms with Crippen molar-refractivity contribution in [3.05, 3.63) is 36.0 Å². The van der Waals surface area contributed by atoms with Crippen LogP contribution in [-0.2, 0) is 4.79 Å². The second-order valence-corrected chi connectivity index (χ2v) is 6.67. The van der Waals surface area contributed by atoms with Gasteiger partial charge in [0.1, 0.15) is 0 Å². The Labute approximate surface area is 142 Å². The summed E-state index contributed by atoms with van der Waals surface area (Å²) in [7, 11) is 1.68. The number of benzene rings is 1. The third-order valence-electron chi connectivity index (χ3n) is 4.77. The van der Waals surface area contributed by atoms with E-state index in [9.17, 15) is 9.59 Å². The van der Waals surface area contributed by atoms with Crippen LogP contribution in [0.4, 0.5) is 0 Å². The Bertz CT molecular complexity index is 714. The van der Waals surface area contributed by atoms with Gasteiger partial charge in [-0.15, -0.1) is 0 Å². The summed E-state index contributed by atoms with van der Waals surface area (Å²) in [6, 6.07) is 7.95. The van der Waals surface area contributed by atoms with Crippen LogP contribution in [0.1, 0.15) is 48.9 Å². The zero-order valence-corrected chi connectivity index (χ0v) is 14.2. The molecule has 0 bridgehead atoms. The van der Waals surface area contributed by atoms with E-state index in [1.807, 2.05) is 24.3 Å². The van der Waals surface area contributed by atoms with Crippen molar-refractivity contribution in [3.63, 3.8) is 0 Å². The fraction of sp³-hybridized carbons (Fsp3) is 0.474. The van der Waals surface area contributed by atoms with Crippen LogP contribution in [0, 0.1) is 0 Å². The summed E-state index contributed by atoms with van der Waals surface area (Å²) in [6.07, 6.45) is 8.67. The second kappa shape index (κ2) is 7.51. The number of para-hydroxylation sites is 1. The summed E-state index contributed by atoms with van der Waals surface area (Å²) in [5.41, 5.74) is 1.53. The topological polar surface area (TPSA) is 65.2 Å². The number of aromatic nitrogens is 1. The van der Waals surface area contributed by atoms with Crippen molar-refractivity contribution in [2.24, 2.45) is 0 Å². The molecule has 24 heavy (non-hydrogen) atoms. The smallest absolute Gasteiger partial charge is 0.256 e. The summed E-state index contributed by atoms with van der Waals surface area (Å²) >= 11 is 0. The molecule has 2 N–H and O–H groups in total. The average Bonchev–Trinajstić information content (AvgIpc) is 2.84. The van der Waals surface area contributed by atoms with E-state index in [1.54, 1.807) is 13.2 Å². The van der Waals surface area contributed by atoms with Gasteiger partial charge in [-0.3, -0.25) is 9.59 Å². The monoisotopic (exact) mass is 327 g/mol. The average molecular weight is 327 g/mol. The highest BCUT2D eigenvalue weighted by Gasteiger charge is 2.20.